The molecule has 0 heterocycles. The maximum atomic E-state index is 12.2. The number of carbonyl (C=O) groups excluding carboxylic acids is 2. The van der Waals surface area contributed by atoms with E-state index in [0.29, 0.717) is 22.0 Å². The standard InChI is InChI=1S/C16H12INO6/c1-2-23-14-8-10(9-19)7-13(17)15(14)24-16(20)11-3-5-12(6-4-11)18(21)22/h3-9H,2H2,1H3. The highest BCUT2D eigenvalue weighted by Crippen LogP contribution is 2.34. The van der Waals surface area contributed by atoms with Crippen molar-refractivity contribution >= 4 is 40.5 Å². The summed E-state index contributed by atoms with van der Waals surface area (Å²) in [7, 11) is 0. The van der Waals surface area contributed by atoms with E-state index in [-0.39, 0.29) is 22.7 Å². The van der Waals surface area contributed by atoms with Crippen molar-refractivity contribution in [3.8, 4) is 11.5 Å². The van der Waals surface area contributed by atoms with E-state index in [0.717, 1.165) is 0 Å². The van der Waals surface area contributed by atoms with Crippen LogP contribution in [0.1, 0.15) is 27.6 Å². The van der Waals surface area contributed by atoms with Crippen molar-refractivity contribution in [3.63, 3.8) is 0 Å². The van der Waals surface area contributed by atoms with E-state index in [1.165, 1.54) is 30.3 Å². The first-order valence-corrected chi connectivity index (χ1v) is 7.92. The van der Waals surface area contributed by atoms with Gasteiger partial charge in [0.1, 0.15) is 6.29 Å². The fourth-order valence-electron chi connectivity index (χ4n) is 1.89. The van der Waals surface area contributed by atoms with Crippen LogP contribution in [0.5, 0.6) is 11.5 Å². The summed E-state index contributed by atoms with van der Waals surface area (Å²) in [6.07, 6.45) is 0.673. The minimum atomic E-state index is -0.678. The molecule has 0 bridgehead atoms. The van der Waals surface area contributed by atoms with Crippen molar-refractivity contribution in [2.75, 3.05) is 6.61 Å². The zero-order valence-corrected chi connectivity index (χ0v) is 14.7. The highest BCUT2D eigenvalue weighted by Gasteiger charge is 2.18. The molecule has 0 amide bonds. The molecule has 0 fully saturated rings. The Morgan fingerprint density at radius 3 is 2.50 bits per heavy atom. The van der Waals surface area contributed by atoms with Crippen LogP contribution in [-0.4, -0.2) is 23.8 Å². The first-order valence-electron chi connectivity index (χ1n) is 6.84. The van der Waals surface area contributed by atoms with Crippen LogP contribution in [0.15, 0.2) is 36.4 Å². The molecule has 0 spiro atoms. The summed E-state index contributed by atoms with van der Waals surface area (Å²) in [4.78, 5) is 33.3. The third-order valence-corrected chi connectivity index (χ3v) is 3.78. The van der Waals surface area contributed by atoms with Crippen molar-refractivity contribution in [2.45, 2.75) is 6.92 Å². The Bertz CT molecular complexity index is 788. The van der Waals surface area contributed by atoms with Crippen LogP contribution >= 0.6 is 22.6 Å². The van der Waals surface area contributed by atoms with Gasteiger partial charge in [0.2, 0.25) is 0 Å². The molecule has 0 aliphatic heterocycles. The number of hydrogen-bond donors (Lipinski definition) is 0. The second kappa shape index (κ2) is 7.86. The van der Waals surface area contributed by atoms with Crippen LogP contribution in [-0.2, 0) is 0 Å². The number of non-ortho nitro benzene ring substituents is 1. The fourth-order valence-corrected chi connectivity index (χ4v) is 2.62. The molecule has 0 N–H and O–H groups in total. The van der Waals surface area contributed by atoms with E-state index in [4.69, 9.17) is 9.47 Å². The lowest BCUT2D eigenvalue weighted by molar-refractivity contribution is -0.384. The highest BCUT2D eigenvalue weighted by atomic mass is 127. The molecule has 0 atom stereocenters. The topological polar surface area (TPSA) is 95.7 Å². The summed E-state index contributed by atoms with van der Waals surface area (Å²) in [5.41, 5.74) is 0.447. The maximum absolute atomic E-state index is 12.2. The molecule has 0 saturated heterocycles. The zero-order chi connectivity index (χ0) is 17.7. The number of benzene rings is 2. The van der Waals surface area contributed by atoms with Gasteiger partial charge < -0.3 is 9.47 Å². The molecule has 24 heavy (non-hydrogen) atoms. The molecular formula is C16H12INO6. The molecule has 124 valence electrons. The maximum Gasteiger partial charge on any atom is 0.343 e. The Morgan fingerprint density at radius 2 is 1.96 bits per heavy atom. The van der Waals surface area contributed by atoms with Gasteiger partial charge in [-0.2, -0.15) is 0 Å². The second-order valence-electron chi connectivity index (χ2n) is 4.57. The first kappa shape index (κ1) is 17.9. The number of nitro groups is 1. The lowest BCUT2D eigenvalue weighted by Gasteiger charge is -2.13. The van der Waals surface area contributed by atoms with E-state index in [1.54, 1.807) is 13.0 Å². The summed E-state index contributed by atoms with van der Waals surface area (Å²) in [6.45, 7) is 2.10. The summed E-state index contributed by atoms with van der Waals surface area (Å²) in [5, 5.41) is 10.6. The Morgan fingerprint density at radius 1 is 1.29 bits per heavy atom. The minimum Gasteiger partial charge on any atom is -0.490 e. The van der Waals surface area contributed by atoms with E-state index in [1.807, 2.05) is 22.6 Å². The van der Waals surface area contributed by atoms with Gasteiger partial charge in [-0.1, -0.05) is 0 Å². The van der Waals surface area contributed by atoms with Crippen molar-refractivity contribution < 1.29 is 24.0 Å². The molecule has 0 aliphatic carbocycles. The average molecular weight is 441 g/mol. The SMILES string of the molecule is CCOc1cc(C=O)cc(I)c1OC(=O)c1ccc([N+](=O)[O-])cc1. The van der Waals surface area contributed by atoms with Gasteiger partial charge in [0.15, 0.2) is 11.5 Å². The van der Waals surface area contributed by atoms with Crippen molar-refractivity contribution in [1.82, 2.24) is 0 Å². The molecular weight excluding hydrogens is 429 g/mol. The number of hydrogen-bond acceptors (Lipinski definition) is 6. The highest BCUT2D eigenvalue weighted by molar-refractivity contribution is 14.1. The van der Waals surface area contributed by atoms with Gasteiger partial charge in [0, 0.05) is 17.7 Å². The molecule has 2 aromatic rings. The Kier molecular flexibility index (Phi) is 5.85. The summed E-state index contributed by atoms with van der Waals surface area (Å²) in [6, 6.07) is 8.12. The number of esters is 1. The molecule has 0 aliphatic rings. The number of nitrogens with zero attached hydrogens (tertiary/aromatic N) is 1. The third kappa shape index (κ3) is 4.07. The quantitative estimate of drug-likeness (QED) is 0.170. The van der Waals surface area contributed by atoms with Crippen molar-refractivity contribution in [1.29, 1.82) is 0 Å². The monoisotopic (exact) mass is 441 g/mol. The van der Waals surface area contributed by atoms with E-state index in [9.17, 15) is 19.7 Å². The number of rotatable bonds is 6. The molecule has 7 nitrogen and oxygen atoms in total. The van der Waals surface area contributed by atoms with E-state index in [2.05, 4.69) is 0 Å². The number of carbonyl (C=O) groups is 2. The average Bonchev–Trinajstić information content (AvgIpc) is 2.57. The van der Waals surface area contributed by atoms with Crippen molar-refractivity contribution in [2.24, 2.45) is 0 Å². The minimum absolute atomic E-state index is 0.119. The van der Waals surface area contributed by atoms with Gasteiger partial charge in [-0.05, 0) is 53.8 Å². The second-order valence-corrected chi connectivity index (χ2v) is 5.74. The number of aldehydes is 1. The molecule has 2 rings (SSSR count). The molecule has 0 radical (unpaired) electrons. The van der Waals surface area contributed by atoms with Gasteiger partial charge in [-0.25, -0.2) is 4.79 Å². The molecule has 2 aromatic carbocycles. The number of ether oxygens (including phenoxy) is 2. The number of nitro benzene ring substituents is 1. The summed E-state index contributed by atoms with van der Waals surface area (Å²) < 4.78 is 11.3. The fraction of sp³-hybridized carbons (Fsp3) is 0.125. The molecule has 0 saturated carbocycles. The normalized spacial score (nSPS) is 10.1. The zero-order valence-electron chi connectivity index (χ0n) is 12.5. The molecule has 8 heteroatoms. The lowest BCUT2D eigenvalue weighted by atomic mass is 10.2. The summed E-state index contributed by atoms with van der Waals surface area (Å²) in [5.74, 6) is -0.198. The van der Waals surface area contributed by atoms with Crippen molar-refractivity contribution in [3.05, 3.63) is 61.2 Å². The third-order valence-electron chi connectivity index (χ3n) is 2.98. The Balaban J connectivity index is 2.30. The predicted octanol–water partition coefficient (Wildman–Crippen LogP) is 3.63. The first-order chi connectivity index (χ1) is 11.5. The number of halogens is 1. The van der Waals surface area contributed by atoms with Gasteiger partial charge in [0.25, 0.3) is 5.69 Å². The Hall–Kier alpha value is -2.49. The van der Waals surface area contributed by atoms with Crippen LogP contribution in [0.2, 0.25) is 0 Å². The molecule has 0 aromatic heterocycles. The lowest BCUT2D eigenvalue weighted by Crippen LogP contribution is -2.11. The van der Waals surface area contributed by atoms with Gasteiger partial charge in [-0.3, -0.25) is 14.9 Å². The van der Waals surface area contributed by atoms with Crippen LogP contribution in [0.3, 0.4) is 0 Å². The van der Waals surface area contributed by atoms with E-state index >= 15 is 0 Å². The van der Waals surface area contributed by atoms with Gasteiger partial charge >= 0.3 is 5.97 Å². The van der Waals surface area contributed by atoms with Crippen LogP contribution in [0.4, 0.5) is 5.69 Å². The van der Waals surface area contributed by atoms with E-state index < -0.39 is 10.9 Å². The summed E-state index contributed by atoms with van der Waals surface area (Å²) >= 11 is 1.94. The van der Waals surface area contributed by atoms with Crippen LogP contribution < -0.4 is 9.47 Å². The van der Waals surface area contributed by atoms with Crippen LogP contribution in [0, 0.1) is 13.7 Å². The van der Waals surface area contributed by atoms with Crippen LogP contribution in [0.25, 0.3) is 0 Å². The smallest absolute Gasteiger partial charge is 0.343 e. The van der Waals surface area contributed by atoms with Gasteiger partial charge in [-0.15, -0.1) is 0 Å². The predicted molar refractivity (Wildman–Crippen MR) is 93.8 cm³/mol. The Labute approximate surface area is 150 Å². The molecule has 0 unspecified atom stereocenters. The van der Waals surface area contributed by atoms with Gasteiger partial charge in [0.05, 0.1) is 20.7 Å². The largest absolute Gasteiger partial charge is 0.490 e.